The lowest BCUT2D eigenvalue weighted by Crippen LogP contribution is -2.29. The van der Waals surface area contributed by atoms with Crippen LogP contribution in [0.2, 0.25) is 0 Å². The molecule has 1 saturated heterocycles. The number of hydrogen-bond donors (Lipinski definition) is 1. The molecular formula is C25H27N7S. The number of aryl methyl sites for hydroxylation is 1. The highest BCUT2D eigenvalue weighted by atomic mass is 32.1. The molecule has 1 aliphatic rings. The Morgan fingerprint density at radius 1 is 1.00 bits per heavy atom. The van der Waals surface area contributed by atoms with E-state index in [9.17, 15) is 0 Å². The second kappa shape index (κ2) is 8.44. The molecule has 5 rings (SSSR count). The van der Waals surface area contributed by atoms with Crippen molar-refractivity contribution in [2.24, 2.45) is 0 Å². The zero-order valence-electron chi connectivity index (χ0n) is 19.2. The fraction of sp³-hybridized carbons (Fsp3) is 0.280. The van der Waals surface area contributed by atoms with E-state index in [-0.39, 0.29) is 12.1 Å². The Hall–Kier alpha value is -3.52. The molecule has 2 atom stereocenters. The first-order chi connectivity index (χ1) is 16.0. The molecule has 0 spiro atoms. The summed E-state index contributed by atoms with van der Waals surface area (Å²) in [4.78, 5) is 6.88. The van der Waals surface area contributed by atoms with Crippen molar-refractivity contribution >= 4 is 23.0 Å². The third-order valence-corrected chi connectivity index (χ3v) is 6.64. The zero-order chi connectivity index (χ0) is 23.1. The monoisotopic (exact) mass is 457 g/mol. The Morgan fingerprint density at radius 2 is 1.73 bits per heavy atom. The lowest BCUT2D eigenvalue weighted by Gasteiger charge is -2.28. The average Bonchev–Trinajstić information content (AvgIpc) is 3.52. The molecule has 8 heteroatoms. The second-order valence-electron chi connectivity index (χ2n) is 8.72. The van der Waals surface area contributed by atoms with Gasteiger partial charge in [0.2, 0.25) is 0 Å². The Kier molecular flexibility index (Phi) is 5.46. The van der Waals surface area contributed by atoms with E-state index in [4.69, 9.17) is 12.2 Å². The molecule has 1 fully saturated rings. The normalized spacial score (nSPS) is 18.2. The molecule has 1 aliphatic heterocycles. The molecule has 0 bridgehead atoms. The van der Waals surface area contributed by atoms with Gasteiger partial charge in [0.05, 0.1) is 17.8 Å². The summed E-state index contributed by atoms with van der Waals surface area (Å²) < 4.78 is 4.01. The number of nitrogens with zero attached hydrogens (tertiary/aromatic N) is 6. The Labute approximate surface area is 199 Å². The third-order valence-electron chi connectivity index (χ3n) is 6.33. The van der Waals surface area contributed by atoms with E-state index in [1.807, 2.05) is 23.0 Å². The molecule has 0 amide bonds. The Balaban J connectivity index is 1.65. The maximum absolute atomic E-state index is 5.88. The molecule has 0 aliphatic carbocycles. The third kappa shape index (κ3) is 3.70. The molecule has 33 heavy (non-hydrogen) atoms. The van der Waals surface area contributed by atoms with Crippen molar-refractivity contribution in [1.82, 2.24) is 29.9 Å². The summed E-state index contributed by atoms with van der Waals surface area (Å²) in [6.07, 6.45) is 5.25. The van der Waals surface area contributed by atoms with Gasteiger partial charge in [0.15, 0.2) is 5.11 Å². The van der Waals surface area contributed by atoms with E-state index in [1.54, 1.807) is 12.7 Å². The molecule has 0 unspecified atom stereocenters. The van der Waals surface area contributed by atoms with Crippen LogP contribution in [-0.4, -0.2) is 29.6 Å². The van der Waals surface area contributed by atoms with Crippen LogP contribution in [0, 0.1) is 13.8 Å². The molecule has 3 aromatic heterocycles. The van der Waals surface area contributed by atoms with Crippen molar-refractivity contribution in [3.63, 3.8) is 0 Å². The van der Waals surface area contributed by atoms with Crippen LogP contribution >= 0.6 is 12.2 Å². The number of anilines is 1. The second-order valence-corrected chi connectivity index (χ2v) is 9.11. The molecule has 0 radical (unpaired) electrons. The maximum atomic E-state index is 5.88. The zero-order valence-corrected chi connectivity index (χ0v) is 20.0. The fourth-order valence-electron chi connectivity index (χ4n) is 4.70. The van der Waals surface area contributed by atoms with Crippen molar-refractivity contribution < 1.29 is 0 Å². The first-order valence-corrected chi connectivity index (χ1v) is 11.5. The smallest absolute Gasteiger partial charge is 0.174 e. The van der Waals surface area contributed by atoms with E-state index in [1.165, 1.54) is 11.1 Å². The Bertz CT molecular complexity index is 1260. The minimum absolute atomic E-state index is 0.0614. The molecule has 1 aromatic carbocycles. The standard InChI is InChI=1S/C25H27N7S/c1-16(2)19-8-10-20(11-9-19)31-24(23(29-25(31)33)22-7-5-6-12-26-22)21-13-17(3)32(18(21)4)30-14-27-28-15-30/h5-16,23-24H,1-4H3,(H,29,33)/t23-,24+/m0/s1. The molecule has 7 nitrogen and oxygen atoms in total. The maximum Gasteiger partial charge on any atom is 0.174 e. The molecule has 1 N–H and O–H groups in total. The predicted octanol–water partition coefficient (Wildman–Crippen LogP) is 4.70. The first kappa shape index (κ1) is 21.3. The quantitative estimate of drug-likeness (QED) is 0.438. The van der Waals surface area contributed by atoms with E-state index in [0.717, 1.165) is 22.8 Å². The van der Waals surface area contributed by atoms with Gasteiger partial charge in [0.25, 0.3) is 0 Å². The van der Waals surface area contributed by atoms with Crippen LogP contribution in [0.1, 0.15) is 60.1 Å². The average molecular weight is 458 g/mol. The molecular weight excluding hydrogens is 430 g/mol. The van der Waals surface area contributed by atoms with Crippen LogP contribution < -0.4 is 10.2 Å². The van der Waals surface area contributed by atoms with Crippen molar-refractivity contribution in [3.8, 4) is 0 Å². The molecule has 0 saturated carbocycles. The highest BCUT2D eigenvalue weighted by Crippen LogP contribution is 2.43. The summed E-state index contributed by atoms with van der Waals surface area (Å²) in [6, 6.07) is 16.8. The summed E-state index contributed by atoms with van der Waals surface area (Å²) in [5, 5.41) is 12.2. The van der Waals surface area contributed by atoms with Gasteiger partial charge in [0.1, 0.15) is 12.7 Å². The summed E-state index contributed by atoms with van der Waals surface area (Å²) >= 11 is 5.88. The number of pyridine rings is 1. The number of aromatic nitrogens is 5. The van der Waals surface area contributed by atoms with Gasteiger partial charge < -0.3 is 10.2 Å². The van der Waals surface area contributed by atoms with Crippen LogP contribution in [0.4, 0.5) is 5.69 Å². The lowest BCUT2D eigenvalue weighted by atomic mass is 9.96. The van der Waals surface area contributed by atoms with Gasteiger partial charge in [-0.25, -0.2) is 4.68 Å². The fourth-order valence-corrected chi connectivity index (χ4v) is 5.05. The number of rotatable bonds is 5. The van der Waals surface area contributed by atoms with Crippen molar-refractivity contribution in [3.05, 3.63) is 95.6 Å². The predicted molar refractivity (Wildman–Crippen MR) is 133 cm³/mol. The van der Waals surface area contributed by atoms with Gasteiger partial charge in [-0.05, 0) is 67.9 Å². The van der Waals surface area contributed by atoms with Gasteiger partial charge >= 0.3 is 0 Å². The topological polar surface area (TPSA) is 63.8 Å². The summed E-state index contributed by atoms with van der Waals surface area (Å²) in [5.41, 5.74) is 6.70. The molecule has 168 valence electrons. The summed E-state index contributed by atoms with van der Waals surface area (Å²) in [7, 11) is 0. The van der Waals surface area contributed by atoms with Gasteiger partial charge in [0, 0.05) is 28.8 Å². The number of benzene rings is 1. The highest BCUT2D eigenvalue weighted by Gasteiger charge is 2.42. The van der Waals surface area contributed by atoms with E-state index < -0.39 is 0 Å². The lowest BCUT2D eigenvalue weighted by molar-refractivity contribution is 0.557. The van der Waals surface area contributed by atoms with Crippen LogP contribution in [0.15, 0.2) is 67.4 Å². The van der Waals surface area contributed by atoms with E-state index in [2.05, 4.69) is 94.2 Å². The number of thiocarbonyl (C=S) groups is 1. The number of nitrogens with one attached hydrogen (secondary N) is 1. The van der Waals surface area contributed by atoms with E-state index >= 15 is 0 Å². The summed E-state index contributed by atoms with van der Waals surface area (Å²) in [5.74, 6) is 0.475. The summed E-state index contributed by atoms with van der Waals surface area (Å²) in [6.45, 7) is 8.63. The van der Waals surface area contributed by atoms with Crippen molar-refractivity contribution in [1.29, 1.82) is 0 Å². The minimum Gasteiger partial charge on any atom is -0.351 e. The van der Waals surface area contributed by atoms with Crippen LogP contribution in [0.25, 0.3) is 0 Å². The van der Waals surface area contributed by atoms with Crippen LogP contribution in [0.3, 0.4) is 0 Å². The van der Waals surface area contributed by atoms with E-state index in [0.29, 0.717) is 11.0 Å². The van der Waals surface area contributed by atoms with Crippen LogP contribution in [-0.2, 0) is 0 Å². The van der Waals surface area contributed by atoms with Crippen molar-refractivity contribution in [2.75, 3.05) is 4.90 Å². The van der Waals surface area contributed by atoms with Crippen molar-refractivity contribution in [2.45, 2.75) is 45.7 Å². The SMILES string of the molecule is Cc1cc([C@@H]2[C@H](c3ccccn3)NC(=S)N2c2ccc(C(C)C)cc2)c(C)n1-n1cnnc1. The highest BCUT2D eigenvalue weighted by molar-refractivity contribution is 7.80. The van der Waals surface area contributed by atoms with Gasteiger partial charge in [-0.1, -0.05) is 32.0 Å². The first-order valence-electron chi connectivity index (χ1n) is 11.1. The minimum atomic E-state index is -0.0849. The van der Waals surface area contributed by atoms with Gasteiger partial charge in [-0.15, -0.1) is 10.2 Å². The van der Waals surface area contributed by atoms with Gasteiger partial charge in [-0.3, -0.25) is 9.66 Å². The number of hydrogen-bond acceptors (Lipinski definition) is 4. The van der Waals surface area contributed by atoms with Crippen LogP contribution in [0.5, 0.6) is 0 Å². The molecule has 4 aromatic rings. The largest absolute Gasteiger partial charge is 0.351 e. The van der Waals surface area contributed by atoms with Gasteiger partial charge in [-0.2, -0.15) is 0 Å². The molecule has 4 heterocycles. The Morgan fingerprint density at radius 3 is 2.36 bits per heavy atom.